The predicted molar refractivity (Wildman–Crippen MR) is 73.3 cm³/mol. The standard InChI is InChI=1S/C12H19N5O2/c1-12(5-3-4-6-12)7-14-11-9(17(18)19)10(13-2)15-8-16-11/h8H,3-7H2,1-2H3,(H2,13,14,15,16). The van der Waals surface area contributed by atoms with E-state index >= 15 is 0 Å². The van der Waals surface area contributed by atoms with Crippen molar-refractivity contribution in [2.45, 2.75) is 32.6 Å². The Balaban J connectivity index is 2.17. The molecular weight excluding hydrogens is 246 g/mol. The molecule has 19 heavy (non-hydrogen) atoms. The van der Waals surface area contributed by atoms with Crippen LogP contribution in [0.15, 0.2) is 6.33 Å². The summed E-state index contributed by atoms with van der Waals surface area (Å²) in [5.74, 6) is 0.525. The van der Waals surface area contributed by atoms with E-state index in [0.717, 1.165) is 12.8 Å². The van der Waals surface area contributed by atoms with E-state index in [1.807, 2.05) is 0 Å². The fraction of sp³-hybridized carbons (Fsp3) is 0.667. The molecule has 0 bridgehead atoms. The Morgan fingerprint density at radius 3 is 2.58 bits per heavy atom. The molecule has 1 aromatic heterocycles. The molecule has 0 radical (unpaired) electrons. The van der Waals surface area contributed by atoms with Crippen LogP contribution in [0, 0.1) is 15.5 Å². The average Bonchev–Trinajstić information content (AvgIpc) is 2.83. The van der Waals surface area contributed by atoms with Crippen LogP contribution in [0.4, 0.5) is 17.3 Å². The minimum absolute atomic E-state index is 0.0911. The zero-order valence-electron chi connectivity index (χ0n) is 11.3. The Kier molecular flexibility index (Phi) is 3.82. The van der Waals surface area contributed by atoms with Crippen molar-refractivity contribution >= 4 is 17.3 Å². The van der Waals surface area contributed by atoms with Crippen LogP contribution in [0.3, 0.4) is 0 Å². The lowest BCUT2D eigenvalue weighted by Crippen LogP contribution is -2.24. The molecule has 0 spiro atoms. The summed E-state index contributed by atoms with van der Waals surface area (Å²) in [5.41, 5.74) is 0.116. The van der Waals surface area contributed by atoms with Crippen molar-refractivity contribution in [3.05, 3.63) is 16.4 Å². The van der Waals surface area contributed by atoms with Gasteiger partial charge < -0.3 is 10.6 Å². The molecule has 1 saturated carbocycles. The van der Waals surface area contributed by atoms with Crippen molar-refractivity contribution in [1.82, 2.24) is 9.97 Å². The van der Waals surface area contributed by atoms with E-state index in [-0.39, 0.29) is 22.7 Å². The van der Waals surface area contributed by atoms with Gasteiger partial charge in [0.2, 0.25) is 11.6 Å². The Morgan fingerprint density at radius 2 is 2.00 bits per heavy atom. The summed E-state index contributed by atoms with van der Waals surface area (Å²) in [6.45, 7) is 2.91. The fourth-order valence-corrected chi connectivity index (χ4v) is 2.57. The highest BCUT2D eigenvalue weighted by Crippen LogP contribution is 2.38. The molecule has 7 nitrogen and oxygen atoms in total. The summed E-state index contributed by atoms with van der Waals surface area (Å²) < 4.78 is 0. The number of hydrogen-bond acceptors (Lipinski definition) is 6. The van der Waals surface area contributed by atoms with Crippen LogP contribution in [-0.4, -0.2) is 28.5 Å². The maximum absolute atomic E-state index is 11.1. The second-order valence-corrected chi connectivity index (χ2v) is 5.30. The number of nitro groups is 1. The Labute approximate surface area is 112 Å². The first-order valence-electron chi connectivity index (χ1n) is 6.47. The molecule has 1 aromatic rings. The van der Waals surface area contributed by atoms with E-state index in [1.54, 1.807) is 7.05 Å². The molecule has 1 heterocycles. The molecule has 1 aliphatic carbocycles. The number of hydrogen-bond donors (Lipinski definition) is 2. The summed E-state index contributed by atoms with van der Waals surface area (Å²) >= 11 is 0. The van der Waals surface area contributed by atoms with Crippen LogP contribution in [-0.2, 0) is 0 Å². The van der Waals surface area contributed by atoms with Gasteiger partial charge in [-0.3, -0.25) is 10.1 Å². The number of anilines is 2. The molecule has 2 rings (SSSR count). The van der Waals surface area contributed by atoms with Gasteiger partial charge in [-0.2, -0.15) is 0 Å². The molecule has 0 aromatic carbocycles. The van der Waals surface area contributed by atoms with Crippen LogP contribution in [0.5, 0.6) is 0 Å². The maximum atomic E-state index is 11.1. The normalized spacial score (nSPS) is 17.2. The molecule has 0 atom stereocenters. The van der Waals surface area contributed by atoms with E-state index in [2.05, 4.69) is 27.5 Å². The molecule has 104 valence electrons. The zero-order chi connectivity index (χ0) is 13.9. The second-order valence-electron chi connectivity index (χ2n) is 5.30. The molecule has 0 amide bonds. The highest BCUT2D eigenvalue weighted by molar-refractivity contribution is 5.69. The SMILES string of the molecule is CNc1ncnc(NCC2(C)CCCC2)c1[N+](=O)[O-]. The molecule has 1 fully saturated rings. The lowest BCUT2D eigenvalue weighted by Gasteiger charge is -2.23. The van der Waals surface area contributed by atoms with Gasteiger partial charge in [-0.05, 0) is 18.3 Å². The van der Waals surface area contributed by atoms with Crippen LogP contribution in [0.25, 0.3) is 0 Å². The number of rotatable bonds is 5. The number of nitrogens with zero attached hydrogens (tertiary/aromatic N) is 3. The largest absolute Gasteiger partial charge is 0.367 e. The van der Waals surface area contributed by atoms with E-state index in [4.69, 9.17) is 0 Å². The first kappa shape index (κ1) is 13.5. The van der Waals surface area contributed by atoms with Gasteiger partial charge in [-0.25, -0.2) is 9.97 Å². The molecule has 0 saturated heterocycles. The van der Waals surface area contributed by atoms with Gasteiger partial charge in [0.1, 0.15) is 6.33 Å². The van der Waals surface area contributed by atoms with Gasteiger partial charge in [0.25, 0.3) is 0 Å². The van der Waals surface area contributed by atoms with Gasteiger partial charge >= 0.3 is 5.69 Å². The first-order chi connectivity index (χ1) is 9.06. The van der Waals surface area contributed by atoms with Crippen LogP contribution in [0.1, 0.15) is 32.6 Å². The number of aromatic nitrogens is 2. The Hall–Kier alpha value is -1.92. The molecule has 2 N–H and O–H groups in total. The van der Waals surface area contributed by atoms with Gasteiger partial charge in [-0.1, -0.05) is 19.8 Å². The quantitative estimate of drug-likeness (QED) is 0.627. The van der Waals surface area contributed by atoms with E-state index in [1.165, 1.54) is 19.2 Å². The lowest BCUT2D eigenvalue weighted by atomic mass is 9.89. The number of nitrogens with one attached hydrogen (secondary N) is 2. The monoisotopic (exact) mass is 265 g/mol. The smallest absolute Gasteiger partial charge is 0.353 e. The third-order valence-electron chi connectivity index (χ3n) is 3.73. The van der Waals surface area contributed by atoms with Gasteiger partial charge in [0, 0.05) is 13.6 Å². The van der Waals surface area contributed by atoms with Crippen LogP contribution < -0.4 is 10.6 Å². The van der Waals surface area contributed by atoms with Crippen molar-refractivity contribution in [1.29, 1.82) is 0 Å². The highest BCUT2D eigenvalue weighted by atomic mass is 16.6. The summed E-state index contributed by atoms with van der Waals surface area (Å²) in [5, 5.41) is 17.0. The molecule has 0 unspecified atom stereocenters. The summed E-state index contributed by atoms with van der Waals surface area (Å²) in [6, 6.07) is 0. The van der Waals surface area contributed by atoms with Crippen molar-refractivity contribution in [3.8, 4) is 0 Å². The predicted octanol–water partition coefficient (Wildman–Crippen LogP) is 2.42. The Bertz CT molecular complexity index is 471. The highest BCUT2D eigenvalue weighted by Gasteiger charge is 2.30. The third kappa shape index (κ3) is 2.91. The van der Waals surface area contributed by atoms with Gasteiger partial charge in [0.05, 0.1) is 4.92 Å². The fourth-order valence-electron chi connectivity index (χ4n) is 2.57. The van der Waals surface area contributed by atoms with Crippen molar-refractivity contribution < 1.29 is 4.92 Å². The van der Waals surface area contributed by atoms with E-state index in [0.29, 0.717) is 6.54 Å². The van der Waals surface area contributed by atoms with Crippen molar-refractivity contribution in [3.63, 3.8) is 0 Å². The van der Waals surface area contributed by atoms with Gasteiger partial charge in [-0.15, -0.1) is 0 Å². The van der Waals surface area contributed by atoms with Crippen molar-refractivity contribution in [2.24, 2.45) is 5.41 Å². The van der Waals surface area contributed by atoms with Crippen LogP contribution in [0.2, 0.25) is 0 Å². The maximum Gasteiger partial charge on any atom is 0.353 e. The molecule has 1 aliphatic rings. The minimum atomic E-state index is -0.453. The van der Waals surface area contributed by atoms with Crippen molar-refractivity contribution in [2.75, 3.05) is 24.2 Å². The average molecular weight is 265 g/mol. The molecular formula is C12H19N5O2. The third-order valence-corrected chi connectivity index (χ3v) is 3.73. The van der Waals surface area contributed by atoms with Gasteiger partial charge in [0.15, 0.2) is 0 Å². The lowest BCUT2D eigenvalue weighted by molar-refractivity contribution is -0.383. The van der Waals surface area contributed by atoms with Crippen LogP contribution >= 0.6 is 0 Å². The topological polar surface area (TPSA) is 93.0 Å². The molecule has 0 aliphatic heterocycles. The molecule has 7 heteroatoms. The summed E-state index contributed by atoms with van der Waals surface area (Å²) in [4.78, 5) is 18.5. The first-order valence-corrected chi connectivity index (χ1v) is 6.47. The summed E-state index contributed by atoms with van der Waals surface area (Å²) in [6.07, 6.45) is 6.09. The zero-order valence-corrected chi connectivity index (χ0v) is 11.3. The second kappa shape index (κ2) is 5.38. The van der Waals surface area contributed by atoms with E-state index < -0.39 is 4.92 Å². The Morgan fingerprint density at radius 1 is 1.37 bits per heavy atom. The minimum Gasteiger partial charge on any atom is -0.367 e. The van der Waals surface area contributed by atoms with E-state index in [9.17, 15) is 10.1 Å². The summed E-state index contributed by atoms with van der Waals surface area (Å²) in [7, 11) is 1.61.